The fourth-order valence-electron chi connectivity index (χ4n) is 2.11. The van der Waals surface area contributed by atoms with Crippen LogP contribution in [-0.2, 0) is 0 Å². The lowest BCUT2D eigenvalue weighted by Gasteiger charge is -2.11. The number of halogens is 1. The van der Waals surface area contributed by atoms with Crippen LogP contribution in [0.3, 0.4) is 0 Å². The second kappa shape index (κ2) is 5.17. The third-order valence-electron chi connectivity index (χ3n) is 3.08. The summed E-state index contributed by atoms with van der Waals surface area (Å²) in [6.45, 7) is 0. The van der Waals surface area contributed by atoms with Crippen LogP contribution in [0.2, 0.25) is 0 Å². The van der Waals surface area contributed by atoms with Gasteiger partial charge in [0.05, 0.1) is 7.11 Å². The highest BCUT2D eigenvalue weighted by Gasteiger charge is 2.06. The lowest BCUT2D eigenvalue weighted by atomic mass is 10.1. The number of para-hydroxylation sites is 1. The first kappa shape index (κ1) is 12.4. The van der Waals surface area contributed by atoms with E-state index in [2.05, 4.69) is 10.3 Å². The highest BCUT2D eigenvalue weighted by atomic mass is 19.1. The van der Waals surface area contributed by atoms with Crippen molar-refractivity contribution < 1.29 is 9.13 Å². The van der Waals surface area contributed by atoms with E-state index in [-0.39, 0.29) is 5.82 Å². The van der Waals surface area contributed by atoms with Crippen LogP contribution < -0.4 is 10.1 Å². The van der Waals surface area contributed by atoms with Gasteiger partial charge in [0, 0.05) is 23.0 Å². The van der Waals surface area contributed by atoms with Crippen LogP contribution >= 0.6 is 0 Å². The van der Waals surface area contributed by atoms with Gasteiger partial charge in [-0.05, 0) is 36.4 Å². The van der Waals surface area contributed by atoms with Crippen molar-refractivity contribution in [2.24, 2.45) is 0 Å². The van der Waals surface area contributed by atoms with E-state index in [0.717, 1.165) is 28.0 Å². The minimum absolute atomic E-state index is 0.253. The molecule has 3 rings (SSSR count). The molecule has 0 aliphatic rings. The molecular formula is C16H13FN2O. The Morgan fingerprint density at radius 2 is 1.85 bits per heavy atom. The monoisotopic (exact) mass is 268 g/mol. The van der Waals surface area contributed by atoms with Crippen molar-refractivity contribution >= 4 is 22.3 Å². The van der Waals surface area contributed by atoms with Crippen molar-refractivity contribution in [1.82, 2.24) is 4.98 Å². The highest BCUT2D eigenvalue weighted by Crippen LogP contribution is 2.30. The second-order valence-corrected chi connectivity index (χ2v) is 4.35. The molecule has 0 radical (unpaired) electrons. The molecule has 1 aromatic heterocycles. The SMILES string of the molecule is COc1cccc2c(Nc3ccc(F)cc3)ccnc12. The van der Waals surface area contributed by atoms with E-state index >= 15 is 0 Å². The summed E-state index contributed by atoms with van der Waals surface area (Å²) in [5, 5.41) is 4.22. The Morgan fingerprint density at radius 1 is 1.05 bits per heavy atom. The van der Waals surface area contributed by atoms with Gasteiger partial charge in [-0.1, -0.05) is 12.1 Å². The van der Waals surface area contributed by atoms with Crippen molar-refractivity contribution in [2.45, 2.75) is 0 Å². The van der Waals surface area contributed by atoms with Crippen LogP contribution in [0.25, 0.3) is 10.9 Å². The van der Waals surface area contributed by atoms with E-state index in [4.69, 9.17) is 4.74 Å². The van der Waals surface area contributed by atoms with Crippen molar-refractivity contribution in [3.8, 4) is 5.75 Å². The molecule has 0 spiro atoms. The molecule has 100 valence electrons. The number of benzene rings is 2. The number of hydrogen-bond donors (Lipinski definition) is 1. The molecule has 0 fully saturated rings. The summed E-state index contributed by atoms with van der Waals surface area (Å²) in [5.41, 5.74) is 2.52. The number of methoxy groups -OCH3 is 1. The third-order valence-corrected chi connectivity index (χ3v) is 3.08. The maximum atomic E-state index is 12.9. The second-order valence-electron chi connectivity index (χ2n) is 4.35. The summed E-state index contributed by atoms with van der Waals surface area (Å²) in [6, 6.07) is 13.9. The summed E-state index contributed by atoms with van der Waals surface area (Å²) < 4.78 is 18.2. The summed E-state index contributed by atoms with van der Waals surface area (Å²) in [6.07, 6.45) is 1.72. The Morgan fingerprint density at radius 3 is 2.60 bits per heavy atom. The Kier molecular flexibility index (Phi) is 3.21. The van der Waals surface area contributed by atoms with Gasteiger partial charge in [-0.2, -0.15) is 0 Å². The predicted molar refractivity (Wildman–Crippen MR) is 78.0 cm³/mol. The molecule has 0 saturated heterocycles. The molecule has 20 heavy (non-hydrogen) atoms. The molecule has 3 aromatic rings. The smallest absolute Gasteiger partial charge is 0.145 e. The van der Waals surface area contributed by atoms with Gasteiger partial charge in [0.2, 0.25) is 0 Å². The minimum Gasteiger partial charge on any atom is -0.494 e. The maximum Gasteiger partial charge on any atom is 0.145 e. The molecule has 0 amide bonds. The van der Waals surface area contributed by atoms with Gasteiger partial charge in [-0.25, -0.2) is 4.39 Å². The molecule has 2 aromatic carbocycles. The first-order chi connectivity index (χ1) is 9.78. The molecule has 0 unspecified atom stereocenters. The molecular weight excluding hydrogens is 255 g/mol. The zero-order chi connectivity index (χ0) is 13.9. The fourth-order valence-corrected chi connectivity index (χ4v) is 2.11. The lowest BCUT2D eigenvalue weighted by Crippen LogP contribution is -1.94. The summed E-state index contributed by atoms with van der Waals surface area (Å²) in [7, 11) is 1.62. The van der Waals surface area contributed by atoms with Crippen LogP contribution in [0.1, 0.15) is 0 Å². The Bertz CT molecular complexity index is 741. The van der Waals surface area contributed by atoms with Crippen molar-refractivity contribution in [2.75, 3.05) is 12.4 Å². The van der Waals surface area contributed by atoms with Crippen LogP contribution in [0.5, 0.6) is 5.75 Å². The van der Waals surface area contributed by atoms with E-state index in [1.165, 1.54) is 12.1 Å². The average molecular weight is 268 g/mol. The van der Waals surface area contributed by atoms with E-state index in [1.807, 2.05) is 24.3 Å². The number of fused-ring (bicyclic) bond motifs is 1. The van der Waals surface area contributed by atoms with Crippen LogP contribution in [0.15, 0.2) is 54.7 Å². The first-order valence-electron chi connectivity index (χ1n) is 6.22. The molecule has 3 nitrogen and oxygen atoms in total. The van der Waals surface area contributed by atoms with Gasteiger partial charge in [-0.15, -0.1) is 0 Å². The van der Waals surface area contributed by atoms with Crippen LogP contribution in [-0.4, -0.2) is 12.1 Å². The van der Waals surface area contributed by atoms with E-state index in [1.54, 1.807) is 25.4 Å². The van der Waals surface area contributed by atoms with Gasteiger partial charge in [0.25, 0.3) is 0 Å². The number of rotatable bonds is 3. The molecule has 0 bridgehead atoms. The number of nitrogens with one attached hydrogen (secondary N) is 1. The zero-order valence-electron chi connectivity index (χ0n) is 10.9. The standard InChI is InChI=1S/C16H13FN2O/c1-20-15-4-2-3-13-14(9-10-18-16(13)15)19-12-7-5-11(17)6-8-12/h2-10H,1H3,(H,18,19). The van der Waals surface area contributed by atoms with Gasteiger partial charge in [0.1, 0.15) is 17.1 Å². The minimum atomic E-state index is -0.253. The summed E-state index contributed by atoms with van der Waals surface area (Å²) >= 11 is 0. The molecule has 1 N–H and O–H groups in total. The molecule has 0 aliphatic heterocycles. The number of anilines is 2. The van der Waals surface area contributed by atoms with Crippen molar-refractivity contribution in [3.05, 3.63) is 60.5 Å². The van der Waals surface area contributed by atoms with Gasteiger partial charge in [0.15, 0.2) is 0 Å². The largest absolute Gasteiger partial charge is 0.494 e. The number of ether oxygens (including phenoxy) is 1. The van der Waals surface area contributed by atoms with Crippen LogP contribution in [0.4, 0.5) is 15.8 Å². The van der Waals surface area contributed by atoms with Crippen molar-refractivity contribution in [3.63, 3.8) is 0 Å². The Balaban J connectivity index is 2.05. The number of hydrogen-bond acceptors (Lipinski definition) is 3. The maximum absolute atomic E-state index is 12.9. The lowest BCUT2D eigenvalue weighted by molar-refractivity contribution is 0.419. The molecule has 0 saturated carbocycles. The average Bonchev–Trinajstić information content (AvgIpc) is 2.49. The summed E-state index contributed by atoms with van der Waals surface area (Å²) in [4.78, 5) is 4.34. The van der Waals surface area contributed by atoms with E-state index in [0.29, 0.717) is 0 Å². The topological polar surface area (TPSA) is 34.1 Å². The number of pyridine rings is 1. The molecule has 4 heteroatoms. The quantitative estimate of drug-likeness (QED) is 0.775. The highest BCUT2D eigenvalue weighted by molar-refractivity contribution is 5.96. The van der Waals surface area contributed by atoms with Crippen molar-refractivity contribution in [1.29, 1.82) is 0 Å². The van der Waals surface area contributed by atoms with E-state index in [9.17, 15) is 4.39 Å². The fraction of sp³-hybridized carbons (Fsp3) is 0.0625. The normalized spacial score (nSPS) is 10.5. The molecule has 0 aliphatic carbocycles. The number of aromatic nitrogens is 1. The Labute approximate surface area is 116 Å². The van der Waals surface area contributed by atoms with Gasteiger partial charge < -0.3 is 10.1 Å². The molecule has 1 heterocycles. The first-order valence-corrected chi connectivity index (χ1v) is 6.22. The predicted octanol–water partition coefficient (Wildman–Crippen LogP) is 4.13. The van der Waals surface area contributed by atoms with Gasteiger partial charge >= 0.3 is 0 Å². The van der Waals surface area contributed by atoms with Gasteiger partial charge in [-0.3, -0.25) is 4.98 Å². The summed E-state index contributed by atoms with van der Waals surface area (Å²) in [5.74, 6) is 0.474. The third kappa shape index (κ3) is 2.28. The van der Waals surface area contributed by atoms with E-state index < -0.39 is 0 Å². The Hall–Kier alpha value is -2.62. The molecule has 0 atom stereocenters. The zero-order valence-corrected chi connectivity index (χ0v) is 10.9. The van der Waals surface area contributed by atoms with Crippen LogP contribution in [0, 0.1) is 5.82 Å². The number of nitrogens with zero attached hydrogens (tertiary/aromatic N) is 1.